The van der Waals surface area contributed by atoms with Crippen molar-refractivity contribution >= 4 is 23.0 Å². The van der Waals surface area contributed by atoms with Gasteiger partial charge in [-0.05, 0) is 56.2 Å². The van der Waals surface area contributed by atoms with Crippen molar-refractivity contribution < 1.29 is 4.74 Å². The van der Waals surface area contributed by atoms with Crippen LogP contribution in [-0.4, -0.2) is 21.2 Å². The van der Waals surface area contributed by atoms with Crippen molar-refractivity contribution in [1.82, 2.24) is 14.6 Å². The molecule has 0 aliphatic rings. The third kappa shape index (κ3) is 9.41. The van der Waals surface area contributed by atoms with Crippen LogP contribution in [0.3, 0.4) is 0 Å². The first-order valence-electron chi connectivity index (χ1n) is 12.5. The zero-order chi connectivity index (χ0) is 26.9. The van der Waals surface area contributed by atoms with E-state index in [1.165, 1.54) is 0 Å². The minimum atomic E-state index is 0.486. The van der Waals surface area contributed by atoms with E-state index < -0.39 is 0 Å². The molecule has 0 bridgehead atoms. The maximum Gasteiger partial charge on any atom is 0.168 e. The Morgan fingerprint density at radius 1 is 1.08 bits per heavy atom. The maximum atomic E-state index is 5.91. The number of aromatic nitrogens is 3. The summed E-state index contributed by atoms with van der Waals surface area (Å²) < 4.78 is 7.85. The lowest BCUT2D eigenvalue weighted by molar-refractivity contribution is 0.250. The monoisotopic (exact) mass is 514 g/mol. The van der Waals surface area contributed by atoms with Gasteiger partial charge in [0.15, 0.2) is 11.5 Å². The largest absolute Gasteiger partial charge is 0.494 e. The predicted octanol–water partition coefficient (Wildman–Crippen LogP) is 7.93. The van der Waals surface area contributed by atoms with Gasteiger partial charge < -0.3 is 10.5 Å². The SMILES string of the molecule is C=C/C=C(\C=C(/C)OC/C=C/C=C\C/C=C\C)c1nnc2ccc(Sc3ccccc3CN)cn12.CC. The highest BCUT2D eigenvalue weighted by Gasteiger charge is 2.11. The van der Waals surface area contributed by atoms with Gasteiger partial charge in [-0.25, -0.2) is 0 Å². The van der Waals surface area contributed by atoms with E-state index in [9.17, 15) is 0 Å². The number of fused-ring (bicyclic) bond motifs is 1. The summed E-state index contributed by atoms with van der Waals surface area (Å²) in [6, 6.07) is 12.2. The third-order valence-corrected chi connectivity index (χ3v) is 6.10. The lowest BCUT2D eigenvalue weighted by atomic mass is 10.2. The molecule has 194 valence electrons. The average molecular weight is 515 g/mol. The van der Waals surface area contributed by atoms with Crippen LogP contribution < -0.4 is 5.73 Å². The molecule has 3 aromatic rings. The molecule has 0 saturated heterocycles. The molecule has 2 aromatic heterocycles. The first kappa shape index (κ1) is 29.6. The topological polar surface area (TPSA) is 65.4 Å². The second-order valence-corrected chi connectivity index (χ2v) is 8.73. The Kier molecular flexibility index (Phi) is 13.6. The molecule has 2 heterocycles. The van der Waals surface area contributed by atoms with Crippen molar-refractivity contribution in [3.05, 3.63) is 121 Å². The minimum Gasteiger partial charge on any atom is -0.494 e. The average Bonchev–Trinajstić information content (AvgIpc) is 3.34. The molecule has 3 rings (SSSR count). The number of allylic oxidation sites excluding steroid dienone is 10. The molecule has 0 saturated carbocycles. The van der Waals surface area contributed by atoms with E-state index in [4.69, 9.17) is 10.5 Å². The van der Waals surface area contributed by atoms with Crippen LogP contribution in [0.2, 0.25) is 0 Å². The van der Waals surface area contributed by atoms with Crippen LogP contribution >= 0.6 is 11.8 Å². The number of rotatable bonds is 12. The van der Waals surface area contributed by atoms with Crippen LogP contribution in [-0.2, 0) is 11.3 Å². The van der Waals surface area contributed by atoms with Crippen molar-refractivity contribution in [2.75, 3.05) is 6.61 Å². The summed E-state index contributed by atoms with van der Waals surface area (Å²) in [7, 11) is 0. The van der Waals surface area contributed by atoms with Gasteiger partial charge in [0, 0.05) is 28.1 Å². The fraction of sp³-hybridized carbons (Fsp3) is 0.226. The Morgan fingerprint density at radius 3 is 2.62 bits per heavy atom. The number of nitrogens with zero attached hydrogens (tertiary/aromatic N) is 3. The van der Waals surface area contributed by atoms with Crippen LogP contribution in [0.15, 0.2) is 119 Å². The standard InChI is InChI=1S/C29H32N4OS.C2H6/c1-4-6-7-8-9-10-13-19-34-23(3)20-24(14-5-2)29-32-31-28-18-17-26(22-33(28)29)35-27-16-12-11-15-25(27)21-30;1-2/h4-6,8-18,20,22H,2,7,19,21,30H2,1,3H3;1-2H3/b6-4-,9-8-,13-10+,23-20+,24-14+;. The first-order valence-corrected chi connectivity index (χ1v) is 13.4. The Morgan fingerprint density at radius 2 is 1.86 bits per heavy atom. The molecule has 2 N–H and O–H groups in total. The Balaban J connectivity index is 0.00000235. The lowest BCUT2D eigenvalue weighted by Gasteiger charge is -2.09. The third-order valence-electron chi connectivity index (χ3n) is 5.01. The summed E-state index contributed by atoms with van der Waals surface area (Å²) in [5, 5.41) is 8.78. The predicted molar refractivity (Wildman–Crippen MR) is 158 cm³/mol. The quantitative estimate of drug-likeness (QED) is 0.151. The normalized spacial score (nSPS) is 12.5. The highest BCUT2D eigenvalue weighted by molar-refractivity contribution is 7.99. The number of nitrogens with two attached hydrogens (primary N) is 1. The summed E-state index contributed by atoms with van der Waals surface area (Å²) in [5.41, 5.74) is 8.67. The highest BCUT2D eigenvalue weighted by atomic mass is 32.2. The van der Waals surface area contributed by atoms with Gasteiger partial charge in [0.05, 0.1) is 5.76 Å². The van der Waals surface area contributed by atoms with Gasteiger partial charge in [-0.3, -0.25) is 4.40 Å². The van der Waals surface area contributed by atoms with E-state index in [0.717, 1.165) is 44.6 Å². The Labute approximate surface area is 225 Å². The molecular weight excluding hydrogens is 476 g/mol. The second kappa shape index (κ2) is 17.0. The van der Waals surface area contributed by atoms with Crippen molar-refractivity contribution in [2.45, 2.75) is 50.5 Å². The maximum absolute atomic E-state index is 5.91. The van der Waals surface area contributed by atoms with Gasteiger partial charge in [-0.2, -0.15) is 0 Å². The van der Waals surface area contributed by atoms with Gasteiger partial charge >= 0.3 is 0 Å². The van der Waals surface area contributed by atoms with E-state index in [0.29, 0.717) is 13.2 Å². The molecule has 6 heteroatoms. The number of benzene rings is 1. The van der Waals surface area contributed by atoms with E-state index >= 15 is 0 Å². The molecule has 0 amide bonds. The van der Waals surface area contributed by atoms with Gasteiger partial charge in [0.25, 0.3) is 0 Å². The summed E-state index contributed by atoms with van der Waals surface area (Å²) in [5.74, 6) is 1.50. The lowest BCUT2D eigenvalue weighted by Crippen LogP contribution is -1.98. The minimum absolute atomic E-state index is 0.486. The second-order valence-electron chi connectivity index (χ2n) is 7.62. The Hall–Kier alpha value is -3.61. The smallest absolute Gasteiger partial charge is 0.168 e. The van der Waals surface area contributed by atoms with Crippen molar-refractivity contribution in [3.63, 3.8) is 0 Å². The molecule has 0 unspecified atom stereocenters. The van der Waals surface area contributed by atoms with E-state index in [2.05, 4.69) is 41.1 Å². The van der Waals surface area contributed by atoms with Crippen LogP contribution in [0.25, 0.3) is 11.2 Å². The van der Waals surface area contributed by atoms with Gasteiger partial charge in [-0.15, -0.1) is 10.2 Å². The molecule has 0 spiro atoms. The van der Waals surface area contributed by atoms with Crippen LogP contribution in [0.5, 0.6) is 0 Å². The van der Waals surface area contributed by atoms with E-state index in [-0.39, 0.29) is 0 Å². The van der Waals surface area contributed by atoms with Crippen LogP contribution in [0.4, 0.5) is 0 Å². The first-order chi connectivity index (χ1) is 18.2. The summed E-state index contributed by atoms with van der Waals surface area (Å²) in [4.78, 5) is 2.21. The number of hydrogen-bond donors (Lipinski definition) is 1. The van der Waals surface area contributed by atoms with Crippen molar-refractivity contribution in [3.8, 4) is 0 Å². The fourth-order valence-corrected chi connectivity index (χ4v) is 4.26. The molecule has 37 heavy (non-hydrogen) atoms. The highest BCUT2D eigenvalue weighted by Crippen LogP contribution is 2.31. The summed E-state index contributed by atoms with van der Waals surface area (Å²) >= 11 is 1.67. The fourth-order valence-electron chi connectivity index (χ4n) is 3.29. The molecule has 0 aliphatic carbocycles. The van der Waals surface area contributed by atoms with Crippen LogP contribution in [0, 0.1) is 0 Å². The van der Waals surface area contributed by atoms with Gasteiger partial charge in [-0.1, -0.05) is 92.9 Å². The molecule has 0 radical (unpaired) electrons. The summed E-state index contributed by atoms with van der Waals surface area (Å²) in [6.07, 6.45) is 20.8. The zero-order valence-electron chi connectivity index (χ0n) is 22.3. The number of pyridine rings is 1. The molecule has 5 nitrogen and oxygen atoms in total. The molecular formula is C31H38N4OS. The van der Waals surface area contributed by atoms with Crippen molar-refractivity contribution in [1.29, 1.82) is 0 Å². The number of ether oxygens (including phenoxy) is 1. The zero-order valence-corrected chi connectivity index (χ0v) is 23.1. The van der Waals surface area contributed by atoms with E-state index in [1.54, 1.807) is 17.8 Å². The number of hydrogen-bond acceptors (Lipinski definition) is 5. The van der Waals surface area contributed by atoms with Gasteiger partial charge in [0.2, 0.25) is 0 Å². The van der Waals surface area contributed by atoms with Crippen molar-refractivity contribution in [2.24, 2.45) is 5.73 Å². The molecule has 0 fully saturated rings. The molecule has 1 aromatic carbocycles. The van der Waals surface area contributed by atoms with Crippen LogP contribution in [0.1, 0.15) is 45.5 Å². The van der Waals surface area contributed by atoms with E-state index in [1.807, 2.05) is 99.0 Å². The van der Waals surface area contributed by atoms with Gasteiger partial charge in [0.1, 0.15) is 6.61 Å². The summed E-state index contributed by atoms with van der Waals surface area (Å²) in [6.45, 7) is 12.8. The molecule has 0 aliphatic heterocycles. The Bertz CT molecular complexity index is 1280. The molecule has 0 atom stereocenters.